The van der Waals surface area contributed by atoms with Gasteiger partial charge in [0, 0.05) is 37.2 Å². The molecule has 1 N–H and O–H groups in total. The summed E-state index contributed by atoms with van der Waals surface area (Å²) in [6.45, 7) is 3.64. The molecule has 2 atom stereocenters. The maximum Gasteiger partial charge on any atom is 0.251 e. The summed E-state index contributed by atoms with van der Waals surface area (Å²) < 4.78 is 7.58. The molecular formula is C19H21ClN2O2. The second-order valence-electron chi connectivity index (χ2n) is 7.00. The van der Waals surface area contributed by atoms with Gasteiger partial charge in [0.2, 0.25) is 0 Å². The van der Waals surface area contributed by atoms with Crippen LogP contribution in [0.3, 0.4) is 0 Å². The van der Waals surface area contributed by atoms with Gasteiger partial charge in [-0.3, -0.25) is 4.79 Å². The van der Waals surface area contributed by atoms with Gasteiger partial charge >= 0.3 is 0 Å². The van der Waals surface area contributed by atoms with E-state index in [4.69, 9.17) is 4.74 Å². The van der Waals surface area contributed by atoms with Gasteiger partial charge in [-0.2, -0.15) is 0 Å². The number of hydrogen-bond acceptors (Lipinski definition) is 3. The van der Waals surface area contributed by atoms with Crippen molar-refractivity contribution >= 4 is 12.4 Å². The lowest BCUT2D eigenvalue weighted by Gasteiger charge is -2.37. The van der Waals surface area contributed by atoms with Gasteiger partial charge < -0.3 is 14.6 Å². The van der Waals surface area contributed by atoms with Crippen molar-refractivity contribution < 1.29 is 4.74 Å². The fraction of sp³-hybridized carbons (Fsp3) is 0.421. The van der Waals surface area contributed by atoms with Crippen molar-refractivity contribution in [1.29, 1.82) is 0 Å². The van der Waals surface area contributed by atoms with Crippen molar-refractivity contribution in [3.05, 3.63) is 51.9 Å². The number of nitrogens with one attached hydrogen (secondary N) is 1. The third kappa shape index (κ3) is 2.45. The summed E-state index contributed by atoms with van der Waals surface area (Å²) >= 11 is 0. The fourth-order valence-corrected chi connectivity index (χ4v) is 4.34. The van der Waals surface area contributed by atoms with E-state index in [1.807, 2.05) is 10.6 Å². The van der Waals surface area contributed by atoms with Crippen molar-refractivity contribution in [2.24, 2.45) is 5.92 Å². The Morgan fingerprint density at radius 1 is 1.12 bits per heavy atom. The van der Waals surface area contributed by atoms with E-state index in [9.17, 15) is 4.79 Å². The molecule has 4 heterocycles. The lowest BCUT2D eigenvalue weighted by atomic mass is 9.83. The number of piperidine rings is 1. The number of fused-ring (bicyclic) bond motifs is 5. The summed E-state index contributed by atoms with van der Waals surface area (Å²) in [6.07, 6.45) is 2.16. The number of benzene rings is 1. The van der Waals surface area contributed by atoms with Gasteiger partial charge in [-0.1, -0.05) is 6.07 Å². The Morgan fingerprint density at radius 3 is 2.96 bits per heavy atom. The second kappa shape index (κ2) is 5.94. The highest BCUT2D eigenvalue weighted by atomic mass is 35.5. The zero-order chi connectivity index (χ0) is 15.4. The molecule has 5 heteroatoms. The van der Waals surface area contributed by atoms with Crippen LogP contribution in [-0.4, -0.2) is 24.3 Å². The SMILES string of the molecule is Cl.O=c1cc(-c2ccc3c(c2)CCO3)cc2n1C[C@@H]1CNC[C@H]2C1. The third-order valence-corrected chi connectivity index (χ3v) is 5.48. The maximum absolute atomic E-state index is 12.6. The van der Waals surface area contributed by atoms with E-state index in [0.717, 1.165) is 49.5 Å². The summed E-state index contributed by atoms with van der Waals surface area (Å²) in [4.78, 5) is 12.6. The fourth-order valence-electron chi connectivity index (χ4n) is 4.34. The molecule has 5 rings (SSSR count). The van der Waals surface area contributed by atoms with E-state index in [1.165, 1.54) is 17.7 Å². The van der Waals surface area contributed by atoms with E-state index in [0.29, 0.717) is 11.8 Å². The number of halogens is 1. The van der Waals surface area contributed by atoms with Crippen LogP contribution in [0.25, 0.3) is 11.1 Å². The highest BCUT2D eigenvalue weighted by Crippen LogP contribution is 2.35. The van der Waals surface area contributed by atoms with Crippen LogP contribution < -0.4 is 15.6 Å². The second-order valence-corrected chi connectivity index (χ2v) is 7.00. The number of aromatic nitrogens is 1. The lowest BCUT2D eigenvalue weighted by Crippen LogP contribution is -2.44. The van der Waals surface area contributed by atoms with Gasteiger partial charge in [0.1, 0.15) is 5.75 Å². The summed E-state index contributed by atoms with van der Waals surface area (Å²) in [7, 11) is 0. The van der Waals surface area contributed by atoms with Crippen molar-refractivity contribution in [3.8, 4) is 16.9 Å². The molecule has 0 radical (unpaired) electrons. The minimum absolute atomic E-state index is 0. The number of hydrogen-bond donors (Lipinski definition) is 1. The van der Waals surface area contributed by atoms with Crippen LogP contribution in [0.1, 0.15) is 23.6 Å². The Balaban J connectivity index is 0.00000146. The molecule has 1 aromatic carbocycles. The first kappa shape index (κ1) is 15.7. The van der Waals surface area contributed by atoms with Gasteiger partial charge in [-0.15, -0.1) is 12.4 Å². The highest BCUT2D eigenvalue weighted by Gasteiger charge is 2.31. The standard InChI is InChI=1S/C19H20N2O2.ClH/c22-19-8-15(13-1-2-18-14(6-13)3-4-23-18)7-17-16-5-12(9-20-10-16)11-21(17)19;/h1-2,6-8,12,16,20H,3-5,9-11H2;1H/t12-,16+;/m0./s1. The Hall–Kier alpha value is -1.78. The number of ether oxygens (including phenoxy) is 1. The maximum atomic E-state index is 12.6. The number of nitrogens with zero attached hydrogens (tertiary/aromatic N) is 1. The van der Waals surface area contributed by atoms with Crippen LogP contribution in [0, 0.1) is 5.92 Å². The summed E-state index contributed by atoms with van der Waals surface area (Å²) in [6, 6.07) is 10.3. The highest BCUT2D eigenvalue weighted by molar-refractivity contribution is 5.85. The first-order valence-electron chi connectivity index (χ1n) is 8.49. The summed E-state index contributed by atoms with van der Waals surface area (Å²) in [5.74, 6) is 2.05. The zero-order valence-corrected chi connectivity index (χ0v) is 14.3. The predicted octanol–water partition coefficient (Wildman–Crippen LogP) is 2.58. The molecule has 2 bridgehead atoms. The predicted molar refractivity (Wildman–Crippen MR) is 96.3 cm³/mol. The summed E-state index contributed by atoms with van der Waals surface area (Å²) in [5.41, 5.74) is 4.76. The average molecular weight is 345 g/mol. The van der Waals surface area contributed by atoms with Crippen molar-refractivity contribution in [2.75, 3.05) is 19.7 Å². The van der Waals surface area contributed by atoms with Crippen molar-refractivity contribution in [2.45, 2.75) is 25.3 Å². The molecule has 0 unspecified atom stereocenters. The topological polar surface area (TPSA) is 43.3 Å². The molecule has 1 fully saturated rings. The molecule has 3 aliphatic heterocycles. The van der Waals surface area contributed by atoms with Crippen LogP contribution in [0.5, 0.6) is 5.75 Å². The quantitative estimate of drug-likeness (QED) is 0.864. The van der Waals surface area contributed by atoms with Crippen LogP contribution in [0.15, 0.2) is 35.1 Å². The van der Waals surface area contributed by atoms with E-state index < -0.39 is 0 Å². The van der Waals surface area contributed by atoms with E-state index in [2.05, 4.69) is 23.5 Å². The Bertz CT molecular complexity index is 846. The van der Waals surface area contributed by atoms with E-state index >= 15 is 0 Å². The van der Waals surface area contributed by atoms with Crippen molar-refractivity contribution in [1.82, 2.24) is 9.88 Å². The van der Waals surface area contributed by atoms with Crippen molar-refractivity contribution in [3.63, 3.8) is 0 Å². The Morgan fingerprint density at radius 2 is 2.04 bits per heavy atom. The van der Waals surface area contributed by atoms with Crippen LogP contribution >= 0.6 is 12.4 Å². The summed E-state index contributed by atoms with van der Waals surface area (Å²) in [5, 5.41) is 3.51. The van der Waals surface area contributed by atoms with E-state index in [-0.39, 0.29) is 18.0 Å². The third-order valence-electron chi connectivity index (χ3n) is 5.48. The van der Waals surface area contributed by atoms with Crippen LogP contribution in [0.2, 0.25) is 0 Å². The molecule has 0 saturated carbocycles. The molecule has 0 amide bonds. The Labute approximate surface area is 147 Å². The molecule has 2 aromatic rings. The van der Waals surface area contributed by atoms with Crippen LogP contribution in [-0.2, 0) is 13.0 Å². The number of pyridine rings is 1. The lowest BCUT2D eigenvalue weighted by molar-refractivity contribution is 0.257. The van der Waals surface area contributed by atoms with Gasteiger partial charge in [0.25, 0.3) is 5.56 Å². The normalized spacial score (nSPS) is 23.7. The average Bonchev–Trinajstić information content (AvgIpc) is 3.03. The zero-order valence-electron chi connectivity index (χ0n) is 13.5. The minimum Gasteiger partial charge on any atom is -0.493 e. The van der Waals surface area contributed by atoms with Gasteiger partial charge in [0.05, 0.1) is 6.61 Å². The minimum atomic E-state index is 0. The molecule has 0 spiro atoms. The van der Waals surface area contributed by atoms with Gasteiger partial charge in [-0.25, -0.2) is 0 Å². The van der Waals surface area contributed by atoms with Gasteiger partial charge in [-0.05, 0) is 53.8 Å². The molecule has 126 valence electrons. The molecule has 24 heavy (non-hydrogen) atoms. The smallest absolute Gasteiger partial charge is 0.251 e. The molecule has 4 nitrogen and oxygen atoms in total. The molecule has 1 saturated heterocycles. The van der Waals surface area contributed by atoms with E-state index in [1.54, 1.807) is 6.07 Å². The largest absolute Gasteiger partial charge is 0.493 e. The molecule has 0 aliphatic carbocycles. The first-order valence-corrected chi connectivity index (χ1v) is 8.49. The molecule has 3 aliphatic rings. The number of rotatable bonds is 1. The monoisotopic (exact) mass is 344 g/mol. The first-order chi connectivity index (χ1) is 11.3. The molecule has 1 aromatic heterocycles. The van der Waals surface area contributed by atoms with Crippen LogP contribution in [0.4, 0.5) is 0 Å². The Kier molecular flexibility index (Phi) is 3.89. The van der Waals surface area contributed by atoms with Gasteiger partial charge in [0.15, 0.2) is 0 Å². The molecular weight excluding hydrogens is 324 g/mol.